The first-order chi connectivity index (χ1) is 11.9. The molecule has 0 atom stereocenters. The van der Waals surface area contributed by atoms with Crippen molar-refractivity contribution in [2.75, 3.05) is 0 Å². The fourth-order valence-electron chi connectivity index (χ4n) is 2.62. The van der Waals surface area contributed by atoms with E-state index in [1.54, 1.807) is 24.3 Å². The molecule has 2 rings (SSSR count). The lowest BCUT2D eigenvalue weighted by Crippen LogP contribution is -2.17. The Balaban J connectivity index is 2.58. The molecule has 2 aromatic rings. The smallest absolute Gasteiger partial charge is 0.269 e. The molecule has 2 aromatic carbocycles. The number of nitro groups is 1. The van der Waals surface area contributed by atoms with Crippen LogP contribution in [0.25, 0.3) is 0 Å². The maximum Gasteiger partial charge on any atom is 0.269 e. The molecule has 138 valence electrons. The van der Waals surface area contributed by atoms with Crippen LogP contribution in [-0.4, -0.2) is 10.0 Å². The molecule has 0 radical (unpaired) electrons. The summed E-state index contributed by atoms with van der Waals surface area (Å²) in [6.07, 6.45) is 0. The second-order valence-electron chi connectivity index (χ2n) is 8.36. The van der Waals surface area contributed by atoms with Crippen molar-refractivity contribution in [2.45, 2.75) is 52.4 Å². The van der Waals surface area contributed by atoms with Gasteiger partial charge in [0.25, 0.3) is 5.69 Å². The summed E-state index contributed by atoms with van der Waals surface area (Å²) >= 11 is 0. The molecular weight excluding hydrogens is 330 g/mol. The molecule has 0 bridgehead atoms. The van der Waals surface area contributed by atoms with Gasteiger partial charge in [0.1, 0.15) is 5.75 Å². The summed E-state index contributed by atoms with van der Waals surface area (Å²) in [5, 5.41) is 29.7. The molecule has 1 N–H and O–H groups in total. The fraction of sp³-hybridized carbons (Fsp3) is 0.400. The summed E-state index contributed by atoms with van der Waals surface area (Å²) < 4.78 is 0. The van der Waals surface area contributed by atoms with Crippen LogP contribution in [0, 0.1) is 10.1 Å². The van der Waals surface area contributed by atoms with E-state index in [2.05, 4.69) is 51.8 Å². The molecule has 0 saturated carbocycles. The third kappa shape index (κ3) is 4.45. The number of azo groups is 1. The average molecular weight is 355 g/mol. The van der Waals surface area contributed by atoms with Crippen molar-refractivity contribution >= 4 is 17.1 Å². The van der Waals surface area contributed by atoms with E-state index in [0.29, 0.717) is 5.69 Å². The lowest BCUT2D eigenvalue weighted by molar-refractivity contribution is -0.384. The third-order valence-electron chi connectivity index (χ3n) is 4.04. The highest BCUT2D eigenvalue weighted by Gasteiger charge is 2.27. The molecule has 0 aliphatic rings. The molecule has 6 nitrogen and oxygen atoms in total. The molecule has 0 fully saturated rings. The molecule has 6 heteroatoms. The fourth-order valence-corrected chi connectivity index (χ4v) is 2.62. The van der Waals surface area contributed by atoms with Crippen molar-refractivity contribution in [3.05, 3.63) is 57.6 Å². The van der Waals surface area contributed by atoms with Gasteiger partial charge in [0.2, 0.25) is 0 Å². The van der Waals surface area contributed by atoms with E-state index >= 15 is 0 Å². The molecule has 0 aliphatic carbocycles. The largest absolute Gasteiger partial charge is 0.508 e. The molecule has 0 unspecified atom stereocenters. The molecule has 0 saturated heterocycles. The summed E-state index contributed by atoms with van der Waals surface area (Å²) in [7, 11) is 0. The average Bonchev–Trinajstić information content (AvgIpc) is 2.51. The van der Waals surface area contributed by atoms with Crippen LogP contribution >= 0.6 is 0 Å². The van der Waals surface area contributed by atoms with Crippen LogP contribution in [0.1, 0.15) is 52.7 Å². The first-order valence-corrected chi connectivity index (χ1v) is 8.44. The number of non-ortho nitro benzene ring substituents is 1. The van der Waals surface area contributed by atoms with Gasteiger partial charge in [-0.05, 0) is 46.2 Å². The number of rotatable bonds is 3. The lowest BCUT2D eigenvalue weighted by atomic mass is 9.78. The number of aromatic hydroxyl groups is 1. The Morgan fingerprint density at radius 2 is 1.35 bits per heavy atom. The molecule has 0 aliphatic heterocycles. The van der Waals surface area contributed by atoms with Crippen LogP contribution in [0.4, 0.5) is 17.1 Å². The minimum atomic E-state index is -0.448. The van der Waals surface area contributed by atoms with Crippen molar-refractivity contribution in [3.63, 3.8) is 0 Å². The Hall–Kier alpha value is -2.76. The van der Waals surface area contributed by atoms with Gasteiger partial charge < -0.3 is 5.11 Å². The van der Waals surface area contributed by atoms with Gasteiger partial charge in [-0.25, -0.2) is 0 Å². The van der Waals surface area contributed by atoms with Gasteiger partial charge in [-0.3, -0.25) is 10.1 Å². The van der Waals surface area contributed by atoms with Crippen molar-refractivity contribution in [2.24, 2.45) is 10.2 Å². The maximum absolute atomic E-state index is 10.8. The van der Waals surface area contributed by atoms with Crippen LogP contribution in [0.5, 0.6) is 5.75 Å². The number of hydrogen-bond acceptors (Lipinski definition) is 5. The van der Waals surface area contributed by atoms with Crippen molar-refractivity contribution in [3.8, 4) is 5.75 Å². The van der Waals surface area contributed by atoms with Crippen LogP contribution in [-0.2, 0) is 10.8 Å². The van der Waals surface area contributed by atoms with Gasteiger partial charge in [0.15, 0.2) is 0 Å². The highest BCUT2D eigenvalue weighted by molar-refractivity contribution is 5.61. The highest BCUT2D eigenvalue weighted by atomic mass is 16.6. The number of nitro benzene ring substituents is 1. The molecular formula is C20H25N3O3. The molecule has 0 amide bonds. The molecule has 0 aromatic heterocycles. The summed E-state index contributed by atoms with van der Waals surface area (Å²) in [4.78, 5) is 10.3. The van der Waals surface area contributed by atoms with Crippen LogP contribution in [0.3, 0.4) is 0 Å². The Morgan fingerprint density at radius 3 is 1.73 bits per heavy atom. The lowest BCUT2D eigenvalue weighted by Gasteiger charge is -2.27. The van der Waals surface area contributed by atoms with E-state index in [0.717, 1.165) is 16.8 Å². The summed E-state index contributed by atoms with van der Waals surface area (Å²) in [6.45, 7) is 12.3. The zero-order valence-corrected chi connectivity index (χ0v) is 16.1. The predicted octanol–water partition coefficient (Wildman–Crippen LogP) is 6.31. The summed E-state index contributed by atoms with van der Waals surface area (Å²) in [6, 6.07) is 9.38. The number of phenols is 1. The second-order valence-corrected chi connectivity index (χ2v) is 8.36. The van der Waals surface area contributed by atoms with Crippen LogP contribution in [0.2, 0.25) is 0 Å². The molecule has 0 spiro atoms. The van der Waals surface area contributed by atoms with Gasteiger partial charge in [-0.15, -0.1) is 5.11 Å². The van der Waals surface area contributed by atoms with E-state index in [1.165, 1.54) is 12.1 Å². The SMILES string of the molecule is CC(C)(C)c1cc(O)cc(C(C)(C)C)c1N=Nc1ccc([N+](=O)[O-])cc1. The van der Waals surface area contributed by atoms with Crippen molar-refractivity contribution in [1.29, 1.82) is 0 Å². The summed E-state index contributed by atoms with van der Waals surface area (Å²) in [5.74, 6) is 0.203. The van der Waals surface area contributed by atoms with E-state index in [1.807, 2.05) is 0 Å². The van der Waals surface area contributed by atoms with E-state index < -0.39 is 4.92 Å². The number of hydrogen-bond donors (Lipinski definition) is 1. The minimum absolute atomic E-state index is 0.0133. The van der Waals surface area contributed by atoms with Crippen LogP contribution < -0.4 is 0 Å². The highest BCUT2D eigenvalue weighted by Crippen LogP contribution is 2.42. The quantitative estimate of drug-likeness (QED) is 0.397. The zero-order chi connectivity index (χ0) is 19.7. The number of nitrogens with zero attached hydrogens (tertiary/aromatic N) is 3. The standard InChI is InChI=1S/C20H25N3O3/c1-19(2,3)16-11-15(24)12-17(20(4,5)6)18(16)22-21-13-7-9-14(10-8-13)23(25)26/h7-12,24H,1-6H3. The van der Waals surface area contributed by atoms with Gasteiger partial charge in [-0.1, -0.05) is 41.5 Å². The first kappa shape index (κ1) is 19.6. The van der Waals surface area contributed by atoms with Gasteiger partial charge in [-0.2, -0.15) is 5.11 Å². The third-order valence-corrected chi connectivity index (χ3v) is 4.04. The van der Waals surface area contributed by atoms with Gasteiger partial charge in [0, 0.05) is 12.1 Å². The Morgan fingerprint density at radius 1 is 0.885 bits per heavy atom. The predicted molar refractivity (Wildman–Crippen MR) is 103 cm³/mol. The van der Waals surface area contributed by atoms with Gasteiger partial charge in [0.05, 0.1) is 16.3 Å². The molecule has 0 heterocycles. The monoisotopic (exact) mass is 355 g/mol. The first-order valence-electron chi connectivity index (χ1n) is 8.44. The molecule has 26 heavy (non-hydrogen) atoms. The van der Waals surface area contributed by atoms with Gasteiger partial charge >= 0.3 is 0 Å². The van der Waals surface area contributed by atoms with Crippen molar-refractivity contribution in [1.82, 2.24) is 0 Å². The van der Waals surface area contributed by atoms with E-state index in [4.69, 9.17) is 0 Å². The Kier molecular flexibility index (Phi) is 5.16. The van der Waals surface area contributed by atoms with E-state index in [-0.39, 0.29) is 22.3 Å². The Bertz CT molecular complexity index is 807. The maximum atomic E-state index is 10.8. The van der Waals surface area contributed by atoms with Crippen LogP contribution in [0.15, 0.2) is 46.6 Å². The number of phenolic OH excluding ortho intramolecular Hbond substituents is 1. The summed E-state index contributed by atoms with van der Waals surface area (Å²) in [5.41, 5.74) is 2.59. The zero-order valence-electron chi connectivity index (χ0n) is 16.1. The second kappa shape index (κ2) is 6.86. The van der Waals surface area contributed by atoms with Crippen molar-refractivity contribution < 1.29 is 10.0 Å². The number of benzene rings is 2. The Labute approximate surface area is 153 Å². The normalized spacial score (nSPS) is 12.5. The van der Waals surface area contributed by atoms with E-state index in [9.17, 15) is 15.2 Å². The minimum Gasteiger partial charge on any atom is -0.508 e. The topological polar surface area (TPSA) is 88.1 Å².